The van der Waals surface area contributed by atoms with Gasteiger partial charge in [0.25, 0.3) is 0 Å². The average Bonchev–Trinajstić information content (AvgIpc) is 3.07. The molecule has 94 valence electrons. The van der Waals surface area contributed by atoms with Crippen molar-refractivity contribution in [2.24, 2.45) is 0 Å². The summed E-state index contributed by atoms with van der Waals surface area (Å²) < 4.78 is 26.0. The Balaban J connectivity index is 1.97. The number of aliphatic hydroxyl groups is 2. The van der Waals surface area contributed by atoms with Crippen molar-refractivity contribution in [3.8, 4) is 0 Å². The highest BCUT2D eigenvalue weighted by molar-refractivity contribution is 5.21. The SMILES string of the molecule is OCC1(NCC(O)c2ccc(F)cc2F)CC1. The Hall–Kier alpha value is -1.04. The summed E-state index contributed by atoms with van der Waals surface area (Å²) in [5, 5.41) is 21.8. The highest BCUT2D eigenvalue weighted by atomic mass is 19.1. The Labute approximate surface area is 98.1 Å². The largest absolute Gasteiger partial charge is 0.394 e. The highest BCUT2D eigenvalue weighted by Crippen LogP contribution is 2.35. The zero-order chi connectivity index (χ0) is 12.5. The molecule has 1 unspecified atom stereocenters. The van der Waals surface area contributed by atoms with Gasteiger partial charge in [0.2, 0.25) is 0 Å². The van der Waals surface area contributed by atoms with Gasteiger partial charge in [0.05, 0.1) is 12.7 Å². The van der Waals surface area contributed by atoms with Crippen LogP contribution in [0.4, 0.5) is 8.78 Å². The van der Waals surface area contributed by atoms with Crippen LogP contribution >= 0.6 is 0 Å². The number of nitrogens with one attached hydrogen (secondary N) is 1. The second-order valence-corrected chi connectivity index (χ2v) is 4.50. The Morgan fingerprint density at radius 1 is 1.35 bits per heavy atom. The topological polar surface area (TPSA) is 52.5 Å². The van der Waals surface area contributed by atoms with Crippen LogP contribution in [0, 0.1) is 11.6 Å². The fourth-order valence-corrected chi connectivity index (χ4v) is 1.74. The molecule has 0 amide bonds. The monoisotopic (exact) mass is 243 g/mol. The van der Waals surface area contributed by atoms with Crippen LogP contribution in [-0.2, 0) is 0 Å². The molecule has 0 spiro atoms. The van der Waals surface area contributed by atoms with E-state index in [9.17, 15) is 13.9 Å². The van der Waals surface area contributed by atoms with Crippen molar-refractivity contribution in [1.29, 1.82) is 0 Å². The molecular formula is C12H15F2NO2. The van der Waals surface area contributed by atoms with Crippen LogP contribution in [0.1, 0.15) is 24.5 Å². The van der Waals surface area contributed by atoms with Gasteiger partial charge in [-0.3, -0.25) is 0 Å². The Bertz CT molecular complexity index is 407. The van der Waals surface area contributed by atoms with E-state index in [1.165, 1.54) is 6.07 Å². The summed E-state index contributed by atoms with van der Waals surface area (Å²) in [7, 11) is 0. The van der Waals surface area contributed by atoms with Gasteiger partial charge in [0.15, 0.2) is 0 Å². The molecule has 17 heavy (non-hydrogen) atoms. The van der Waals surface area contributed by atoms with E-state index in [1.807, 2.05) is 0 Å². The van der Waals surface area contributed by atoms with Gasteiger partial charge in [-0.15, -0.1) is 0 Å². The van der Waals surface area contributed by atoms with Gasteiger partial charge in [-0.2, -0.15) is 0 Å². The van der Waals surface area contributed by atoms with Crippen LogP contribution in [-0.4, -0.2) is 28.9 Å². The van der Waals surface area contributed by atoms with Gasteiger partial charge in [0, 0.05) is 23.7 Å². The van der Waals surface area contributed by atoms with E-state index in [4.69, 9.17) is 5.11 Å². The first kappa shape index (κ1) is 12.4. The fourth-order valence-electron chi connectivity index (χ4n) is 1.74. The smallest absolute Gasteiger partial charge is 0.131 e. The molecular weight excluding hydrogens is 228 g/mol. The lowest BCUT2D eigenvalue weighted by Gasteiger charge is -2.18. The molecule has 0 aliphatic heterocycles. The molecule has 0 aromatic heterocycles. The molecule has 1 aliphatic rings. The molecule has 3 nitrogen and oxygen atoms in total. The van der Waals surface area contributed by atoms with Crippen LogP contribution in [0.2, 0.25) is 0 Å². The molecule has 1 atom stereocenters. The predicted molar refractivity (Wildman–Crippen MR) is 58.4 cm³/mol. The summed E-state index contributed by atoms with van der Waals surface area (Å²) >= 11 is 0. The summed E-state index contributed by atoms with van der Waals surface area (Å²) in [6.07, 6.45) is 0.657. The molecule has 2 rings (SSSR count). The maximum Gasteiger partial charge on any atom is 0.131 e. The molecule has 1 aliphatic carbocycles. The van der Waals surface area contributed by atoms with Crippen molar-refractivity contribution in [2.45, 2.75) is 24.5 Å². The minimum absolute atomic E-state index is 0.00558. The van der Waals surface area contributed by atoms with Gasteiger partial charge < -0.3 is 15.5 Å². The van der Waals surface area contributed by atoms with E-state index in [2.05, 4.69) is 5.32 Å². The number of hydrogen-bond acceptors (Lipinski definition) is 3. The molecule has 1 fully saturated rings. The number of benzene rings is 1. The van der Waals surface area contributed by atoms with Crippen LogP contribution < -0.4 is 5.32 Å². The van der Waals surface area contributed by atoms with Crippen molar-refractivity contribution >= 4 is 0 Å². The first-order chi connectivity index (χ1) is 8.06. The van der Waals surface area contributed by atoms with Crippen LogP contribution in [0.3, 0.4) is 0 Å². The lowest BCUT2D eigenvalue weighted by molar-refractivity contribution is 0.150. The van der Waals surface area contributed by atoms with E-state index < -0.39 is 17.7 Å². The van der Waals surface area contributed by atoms with E-state index >= 15 is 0 Å². The van der Waals surface area contributed by atoms with Crippen molar-refractivity contribution in [2.75, 3.05) is 13.2 Å². The molecule has 1 aromatic carbocycles. The van der Waals surface area contributed by atoms with Gasteiger partial charge in [0.1, 0.15) is 11.6 Å². The van der Waals surface area contributed by atoms with Gasteiger partial charge in [-0.1, -0.05) is 6.07 Å². The van der Waals surface area contributed by atoms with E-state index in [0.29, 0.717) is 0 Å². The minimum Gasteiger partial charge on any atom is -0.394 e. The second kappa shape index (κ2) is 4.68. The predicted octanol–water partition coefficient (Wildman–Crippen LogP) is 1.11. The normalized spacial score (nSPS) is 19.1. The first-order valence-electron chi connectivity index (χ1n) is 5.55. The summed E-state index contributed by atoms with van der Waals surface area (Å²) in [6.45, 7) is 0.148. The maximum absolute atomic E-state index is 13.3. The number of aliphatic hydroxyl groups excluding tert-OH is 2. The first-order valence-corrected chi connectivity index (χ1v) is 5.55. The Morgan fingerprint density at radius 3 is 2.59 bits per heavy atom. The van der Waals surface area contributed by atoms with Gasteiger partial charge >= 0.3 is 0 Å². The number of hydrogen-bond donors (Lipinski definition) is 3. The fraction of sp³-hybridized carbons (Fsp3) is 0.500. The zero-order valence-electron chi connectivity index (χ0n) is 9.29. The minimum atomic E-state index is -1.04. The van der Waals surface area contributed by atoms with Crippen LogP contribution in [0.5, 0.6) is 0 Å². The maximum atomic E-state index is 13.3. The molecule has 1 saturated carbocycles. The molecule has 0 radical (unpaired) electrons. The van der Waals surface area contributed by atoms with Crippen molar-refractivity contribution in [1.82, 2.24) is 5.32 Å². The zero-order valence-corrected chi connectivity index (χ0v) is 9.29. The third kappa shape index (κ3) is 2.80. The third-order valence-electron chi connectivity index (χ3n) is 3.15. The molecule has 3 N–H and O–H groups in total. The Kier molecular flexibility index (Phi) is 3.42. The van der Waals surface area contributed by atoms with Crippen molar-refractivity contribution in [3.05, 3.63) is 35.4 Å². The molecule has 0 saturated heterocycles. The number of β-amino-alcohol motifs (C(OH)–C–C–N with tert-alkyl or cyclic N) is 1. The quantitative estimate of drug-likeness (QED) is 0.726. The molecule has 0 bridgehead atoms. The van der Waals surface area contributed by atoms with Crippen LogP contribution in [0.25, 0.3) is 0 Å². The highest BCUT2D eigenvalue weighted by Gasteiger charge is 2.41. The number of rotatable bonds is 5. The summed E-state index contributed by atoms with van der Waals surface area (Å²) in [5.41, 5.74) is -0.245. The third-order valence-corrected chi connectivity index (χ3v) is 3.15. The van der Waals surface area contributed by atoms with Crippen molar-refractivity contribution < 1.29 is 19.0 Å². The summed E-state index contributed by atoms with van der Waals surface area (Å²) in [5.74, 6) is -1.42. The van der Waals surface area contributed by atoms with Gasteiger partial charge in [-0.05, 0) is 18.9 Å². The van der Waals surface area contributed by atoms with E-state index in [-0.39, 0.29) is 24.3 Å². The summed E-state index contributed by atoms with van der Waals surface area (Å²) in [4.78, 5) is 0. The molecule has 0 heterocycles. The standard InChI is InChI=1S/C12H15F2NO2/c13-8-1-2-9(10(14)5-8)11(17)6-15-12(7-16)3-4-12/h1-2,5,11,15-17H,3-4,6-7H2. The van der Waals surface area contributed by atoms with Gasteiger partial charge in [-0.25, -0.2) is 8.78 Å². The number of halogens is 2. The van der Waals surface area contributed by atoms with E-state index in [0.717, 1.165) is 25.0 Å². The Morgan fingerprint density at radius 2 is 2.06 bits per heavy atom. The molecule has 5 heteroatoms. The second-order valence-electron chi connectivity index (χ2n) is 4.50. The summed E-state index contributed by atoms with van der Waals surface area (Å²) in [6, 6.07) is 3.09. The lowest BCUT2D eigenvalue weighted by atomic mass is 10.1. The van der Waals surface area contributed by atoms with Crippen LogP contribution in [0.15, 0.2) is 18.2 Å². The van der Waals surface area contributed by atoms with E-state index in [1.54, 1.807) is 0 Å². The lowest BCUT2D eigenvalue weighted by Crippen LogP contribution is -2.37. The molecule has 1 aromatic rings. The van der Waals surface area contributed by atoms with Crippen molar-refractivity contribution in [3.63, 3.8) is 0 Å². The average molecular weight is 243 g/mol.